The van der Waals surface area contributed by atoms with E-state index in [1.54, 1.807) is 0 Å². The van der Waals surface area contributed by atoms with Gasteiger partial charge in [-0.15, -0.1) is 14.8 Å². The Morgan fingerprint density at radius 3 is 2.69 bits per heavy atom. The van der Waals surface area contributed by atoms with E-state index >= 15 is 0 Å². The molecule has 0 unspecified atom stereocenters. The second-order valence-corrected chi connectivity index (χ2v) is 7.55. The number of aromatic nitrogens is 5. The van der Waals surface area contributed by atoms with E-state index in [1.165, 1.54) is 36.7 Å². The smallest absolute Gasteiger partial charge is 0.225 e. The van der Waals surface area contributed by atoms with Gasteiger partial charge in [0.2, 0.25) is 5.91 Å². The van der Waals surface area contributed by atoms with Crippen LogP contribution in [0.15, 0.2) is 12.1 Å². The minimum absolute atomic E-state index is 0.0283. The number of fused-ring (bicyclic) bond motifs is 1. The first-order valence-corrected chi connectivity index (χ1v) is 9.90. The van der Waals surface area contributed by atoms with E-state index in [0.717, 1.165) is 38.0 Å². The van der Waals surface area contributed by atoms with Gasteiger partial charge in [-0.2, -0.15) is 0 Å². The van der Waals surface area contributed by atoms with Gasteiger partial charge < -0.3 is 10.2 Å². The fourth-order valence-corrected chi connectivity index (χ4v) is 4.13. The summed E-state index contributed by atoms with van der Waals surface area (Å²) in [6.07, 6.45) is 10.6. The number of hydrogen-bond donors (Lipinski definition) is 1. The van der Waals surface area contributed by atoms with Crippen molar-refractivity contribution in [3.8, 4) is 0 Å². The zero-order chi connectivity index (χ0) is 17.8. The molecule has 0 aromatic carbocycles. The van der Waals surface area contributed by atoms with Crippen LogP contribution >= 0.6 is 0 Å². The first-order chi connectivity index (χ1) is 12.8. The minimum Gasteiger partial charge on any atom is -0.354 e. The molecule has 3 heterocycles. The summed E-state index contributed by atoms with van der Waals surface area (Å²) in [6, 6.07) is 4.15. The summed E-state index contributed by atoms with van der Waals surface area (Å²) in [6.45, 7) is 1.62. The molecular weight excluding hydrogens is 330 g/mol. The third kappa shape index (κ3) is 3.94. The number of tetrazole rings is 1. The van der Waals surface area contributed by atoms with Gasteiger partial charge in [0.25, 0.3) is 0 Å². The van der Waals surface area contributed by atoms with Gasteiger partial charge in [-0.3, -0.25) is 4.79 Å². The van der Waals surface area contributed by atoms with Crippen LogP contribution in [0.4, 0.5) is 5.82 Å². The fraction of sp³-hybridized carbons (Fsp3) is 0.722. The summed E-state index contributed by atoms with van der Waals surface area (Å²) < 4.78 is 1.44. The highest BCUT2D eigenvalue weighted by atomic mass is 16.2. The van der Waals surface area contributed by atoms with Gasteiger partial charge in [0.05, 0.1) is 5.92 Å². The highest BCUT2D eigenvalue weighted by Crippen LogP contribution is 2.23. The molecule has 2 fully saturated rings. The predicted octanol–water partition coefficient (Wildman–Crippen LogP) is 1.96. The first kappa shape index (κ1) is 17.2. The Kier molecular flexibility index (Phi) is 5.26. The molecule has 2 aliphatic rings. The van der Waals surface area contributed by atoms with Crippen LogP contribution in [0.1, 0.15) is 57.8 Å². The molecule has 1 N–H and O–H groups in total. The molecule has 8 nitrogen and oxygen atoms in total. The zero-order valence-electron chi connectivity index (χ0n) is 15.2. The van der Waals surface area contributed by atoms with Crippen LogP contribution in [-0.2, 0) is 4.79 Å². The van der Waals surface area contributed by atoms with E-state index in [0.29, 0.717) is 18.2 Å². The molecule has 0 bridgehead atoms. The van der Waals surface area contributed by atoms with Gasteiger partial charge in [0.15, 0.2) is 11.5 Å². The van der Waals surface area contributed by atoms with E-state index in [2.05, 4.69) is 30.8 Å². The SMILES string of the molecule is O=C(NC1CCCCCCC1)[C@H]1CCCN(c2ccc3nnnn3n2)C1. The van der Waals surface area contributed by atoms with Crippen LogP contribution in [0, 0.1) is 5.92 Å². The Bertz CT molecular complexity index is 738. The number of amides is 1. The second-order valence-electron chi connectivity index (χ2n) is 7.55. The largest absolute Gasteiger partial charge is 0.354 e. The maximum Gasteiger partial charge on any atom is 0.225 e. The maximum atomic E-state index is 12.8. The van der Waals surface area contributed by atoms with Crippen molar-refractivity contribution >= 4 is 17.4 Å². The van der Waals surface area contributed by atoms with Gasteiger partial charge >= 0.3 is 0 Å². The number of anilines is 1. The van der Waals surface area contributed by atoms with Crippen molar-refractivity contribution in [1.82, 2.24) is 30.6 Å². The molecule has 26 heavy (non-hydrogen) atoms. The van der Waals surface area contributed by atoms with Crippen LogP contribution in [-0.4, -0.2) is 50.3 Å². The van der Waals surface area contributed by atoms with Crippen molar-refractivity contribution in [3.63, 3.8) is 0 Å². The summed E-state index contributed by atoms with van der Waals surface area (Å²) in [5.41, 5.74) is 0.629. The van der Waals surface area contributed by atoms with E-state index in [1.807, 2.05) is 12.1 Å². The van der Waals surface area contributed by atoms with E-state index in [9.17, 15) is 4.79 Å². The monoisotopic (exact) mass is 357 g/mol. The molecule has 1 aliphatic heterocycles. The lowest BCUT2D eigenvalue weighted by Crippen LogP contribution is -2.46. The van der Waals surface area contributed by atoms with Crippen molar-refractivity contribution in [3.05, 3.63) is 12.1 Å². The van der Waals surface area contributed by atoms with E-state index in [4.69, 9.17) is 0 Å². The molecule has 4 rings (SSSR count). The minimum atomic E-state index is 0.0283. The third-order valence-corrected chi connectivity index (χ3v) is 5.62. The third-order valence-electron chi connectivity index (χ3n) is 5.62. The summed E-state index contributed by atoms with van der Waals surface area (Å²) >= 11 is 0. The lowest BCUT2D eigenvalue weighted by molar-refractivity contribution is -0.126. The highest BCUT2D eigenvalue weighted by Gasteiger charge is 2.28. The topological polar surface area (TPSA) is 88.3 Å². The van der Waals surface area contributed by atoms with Crippen LogP contribution in [0.3, 0.4) is 0 Å². The first-order valence-electron chi connectivity index (χ1n) is 9.90. The molecular formula is C18H27N7O. The lowest BCUT2D eigenvalue weighted by Gasteiger charge is -2.33. The van der Waals surface area contributed by atoms with Gasteiger partial charge in [0.1, 0.15) is 0 Å². The molecule has 1 aliphatic carbocycles. The van der Waals surface area contributed by atoms with Gasteiger partial charge in [0, 0.05) is 19.1 Å². The number of nitrogens with one attached hydrogen (secondary N) is 1. The summed E-state index contributed by atoms with van der Waals surface area (Å²) in [4.78, 5) is 15.0. The number of nitrogens with zero attached hydrogens (tertiary/aromatic N) is 6. The van der Waals surface area contributed by atoms with Crippen molar-refractivity contribution < 1.29 is 4.79 Å². The van der Waals surface area contributed by atoms with E-state index < -0.39 is 0 Å². The van der Waals surface area contributed by atoms with Crippen molar-refractivity contribution in [2.75, 3.05) is 18.0 Å². The van der Waals surface area contributed by atoms with Gasteiger partial charge in [-0.25, -0.2) is 0 Å². The molecule has 140 valence electrons. The summed E-state index contributed by atoms with van der Waals surface area (Å²) in [7, 11) is 0. The molecule has 8 heteroatoms. The van der Waals surface area contributed by atoms with Crippen molar-refractivity contribution in [1.29, 1.82) is 0 Å². The average molecular weight is 357 g/mol. The van der Waals surface area contributed by atoms with Gasteiger partial charge in [-0.1, -0.05) is 32.1 Å². The van der Waals surface area contributed by atoms with Crippen LogP contribution in [0.5, 0.6) is 0 Å². The molecule has 2 aromatic heterocycles. The number of carbonyl (C=O) groups excluding carboxylic acids is 1. The summed E-state index contributed by atoms with van der Waals surface area (Å²) in [5.74, 6) is 1.07. The molecule has 1 amide bonds. The Morgan fingerprint density at radius 1 is 1.04 bits per heavy atom. The fourth-order valence-electron chi connectivity index (χ4n) is 4.13. The molecule has 0 radical (unpaired) electrons. The normalized spacial score (nSPS) is 22.8. The zero-order valence-corrected chi connectivity index (χ0v) is 15.2. The highest BCUT2D eigenvalue weighted by molar-refractivity contribution is 5.79. The number of hydrogen-bond acceptors (Lipinski definition) is 6. The van der Waals surface area contributed by atoms with Crippen molar-refractivity contribution in [2.24, 2.45) is 5.92 Å². The number of piperidine rings is 1. The number of carbonyl (C=O) groups is 1. The molecule has 1 atom stereocenters. The van der Waals surface area contributed by atoms with E-state index in [-0.39, 0.29) is 11.8 Å². The maximum absolute atomic E-state index is 12.8. The van der Waals surface area contributed by atoms with Crippen LogP contribution < -0.4 is 10.2 Å². The van der Waals surface area contributed by atoms with Gasteiger partial charge in [-0.05, 0) is 48.2 Å². The Balaban J connectivity index is 1.38. The summed E-state index contributed by atoms with van der Waals surface area (Å²) in [5, 5.41) is 19.2. The second kappa shape index (κ2) is 7.97. The Labute approximate surface area is 153 Å². The molecule has 1 saturated carbocycles. The quantitative estimate of drug-likeness (QED) is 0.903. The van der Waals surface area contributed by atoms with Crippen LogP contribution in [0.2, 0.25) is 0 Å². The van der Waals surface area contributed by atoms with Crippen LogP contribution in [0.25, 0.3) is 5.65 Å². The van der Waals surface area contributed by atoms with Crippen molar-refractivity contribution in [2.45, 2.75) is 63.8 Å². The Hall–Kier alpha value is -2.25. The molecule has 0 spiro atoms. The average Bonchev–Trinajstić information content (AvgIpc) is 3.11. The predicted molar refractivity (Wildman–Crippen MR) is 97.8 cm³/mol. The molecule has 2 aromatic rings. The molecule has 1 saturated heterocycles. The number of rotatable bonds is 3. The lowest BCUT2D eigenvalue weighted by atomic mass is 9.94. The standard InChI is InChI=1S/C18H27N7O/c26-18(19-15-8-4-2-1-3-5-9-15)14-7-6-12-24(13-14)17-11-10-16-20-22-23-25(16)21-17/h10-11,14-15H,1-9,12-13H2,(H,19,26)/t14-/m0/s1. The Morgan fingerprint density at radius 2 is 1.85 bits per heavy atom.